The van der Waals surface area contributed by atoms with Gasteiger partial charge in [0.05, 0.1) is 12.8 Å². The molecule has 0 unspecified atom stereocenters. The summed E-state index contributed by atoms with van der Waals surface area (Å²) in [5.74, 6) is -1.65. The molecule has 0 aliphatic rings. The van der Waals surface area contributed by atoms with Gasteiger partial charge in [-0.1, -0.05) is 11.6 Å². The summed E-state index contributed by atoms with van der Waals surface area (Å²) in [6, 6.07) is 0. The first-order chi connectivity index (χ1) is 7.47. The first kappa shape index (κ1) is 12.5. The Morgan fingerprint density at radius 3 is 2.81 bits per heavy atom. The molecule has 1 aromatic rings. The van der Waals surface area contributed by atoms with E-state index in [1.807, 2.05) is 0 Å². The quantitative estimate of drug-likeness (QED) is 0.645. The highest BCUT2D eigenvalue weighted by Gasteiger charge is 2.15. The molecule has 0 saturated heterocycles. The third kappa shape index (κ3) is 2.52. The van der Waals surface area contributed by atoms with Crippen LogP contribution in [-0.4, -0.2) is 24.7 Å². The first-order valence-electron chi connectivity index (χ1n) is 4.28. The van der Waals surface area contributed by atoms with E-state index in [-0.39, 0.29) is 22.2 Å². The predicted octanol–water partition coefficient (Wildman–Crippen LogP) is 1.32. The molecule has 1 rings (SSSR count). The van der Waals surface area contributed by atoms with E-state index in [1.54, 1.807) is 0 Å². The van der Waals surface area contributed by atoms with E-state index in [9.17, 15) is 9.18 Å². The Morgan fingerprint density at radius 1 is 1.62 bits per heavy atom. The summed E-state index contributed by atoms with van der Waals surface area (Å²) in [6.45, 7) is 1.03. The van der Waals surface area contributed by atoms with Gasteiger partial charge < -0.3 is 15.2 Å². The van der Waals surface area contributed by atoms with E-state index >= 15 is 0 Å². The lowest BCUT2D eigenvalue weighted by Gasteiger charge is -2.09. The van der Waals surface area contributed by atoms with Crippen molar-refractivity contribution in [1.82, 2.24) is 4.98 Å². The smallest absolute Gasteiger partial charge is 0.343 e. The van der Waals surface area contributed by atoms with E-state index in [0.717, 1.165) is 0 Å². The minimum atomic E-state index is -0.790. The van der Waals surface area contributed by atoms with Crippen molar-refractivity contribution < 1.29 is 18.7 Å². The average molecular weight is 249 g/mol. The van der Waals surface area contributed by atoms with Crippen LogP contribution < -0.4 is 10.5 Å². The van der Waals surface area contributed by atoms with Crippen LogP contribution in [-0.2, 0) is 9.53 Å². The monoisotopic (exact) mass is 248 g/mol. The third-order valence-corrected chi connectivity index (χ3v) is 2.26. The second-order valence-electron chi connectivity index (χ2n) is 2.93. The number of carbonyl (C=O) groups is 1. The highest BCUT2D eigenvalue weighted by Crippen LogP contribution is 2.31. The molecule has 0 aromatic carbocycles. The second-order valence-corrected chi connectivity index (χ2v) is 3.30. The molecule has 0 bridgehead atoms. The van der Waals surface area contributed by atoms with Crippen molar-refractivity contribution in [2.24, 2.45) is 0 Å². The van der Waals surface area contributed by atoms with Crippen LogP contribution in [0.15, 0.2) is 0 Å². The van der Waals surface area contributed by atoms with Crippen LogP contribution >= 0.6 is 11.6 Å². The molecule has 0 aliphatic heterocycles. The van der Waals surface area contributed by atoms with Crippen molar-refractivity contribution in [2.45, 2.75) is 6.92 Å². The minimum absolute atomic E-state index is 0.0252. The summed E-state index contributed by atoms with van der Waals surface area (Å²) < 4.78 is 22.4. The van der Waals surface area contributed by atoms with Crippen molar-refractivity contribution in [2.75, 3.05) is 19.5 Å². The summed E-state index contributed by atoms with van der Waals surface area (Å²) in [5.41, 5.74) is 5.69. The highest BCUT2D eigenvalue weighted by molar-refractivity contribution is 6.34. The van der Waals surface area contributed by atoms with Gasteiger partial charge in [0.2, 0.25) is 11.8 Å². The lowest BCUT2D eigenvalue weighted by Crippen LogP contribution is -2.14. The standard InChI is InChI=1S/C9H10ClFN2O3/c1-4-7(12)6(10)9(13-8(4)11)16-3-5(14)15-2/h3H2,1-2H3,(H2,12,13). The molecule has 0 saturated carbocycles. The minimum Gasteiger partial charge on any atom is -0.466 e. The number of halogens is 2. The van der Waals surface area contributed by atoms with Gasteiger partial charge in [0.15, 0.2) is 6.61 Å². The number of hydrogen-bond acceptors (Lipinski definition) is 5. The van der Waals surface area contributed by atoms with Crippen molar-refractivity contribution in [3.8, 4) is 5.88 Å². The number of aromatic nitrogens is 1. The molecule has 0 fully saturated rings. The normalized spacial score (nSPS) is 10.0. The van der Waals surface area contributed by atoms with Crippen LogP contribution in [0.3, 0.4) is 0 Å². The van der Waals surface area contributed by atoms with E-state index < -0.39 is 18.5 Å². The van der Waals surface area contributed by atoms with Crippen molar-refractivity contribution in [3.63, 3.8) is 0 Å². The Labute approximate surface area is 96.3 Å². The summed E-state index contributed by atoms with van der Waals surface area (Å²) in [6.07, 6.45) is 0. The number of nitrogens with zero attached hydrogens (tertiary/aromatic N) is 1. The Morgan fingerprint density at radius 2 is 2.25 bits per heavy atom. The average Bonchev–Trinajstić information content (AvgIpc) is 2.28. The first-order valence-corrected chi connectivity index (χ1v) is 4.65. The Balaban J connectivity index is 2.93. The molecule has 0 amide bonds. The lowest BCUT2D eigenvalue weighted by molar-refractivity contribution is -0.143. The predicted molar refractivity (Wildman–Crippen MR) is 55.9 cm³/mol. The van der Waals surface area contributed by atoms with Gasteiger partial charge in [0, 0.05) is 5.56 Å². The molecule has 0 spiro atoms. The number of methoxy groups -OCH3 is 1. The maximum absolute atomic E-state index is 13.2. The van der Waals surface area contributed by atoms with E-state index in [1.165, 1.54) is 14.0 Å². The Bertz CT molecular complexity index is 426. The molecule has 0 aliphatic carbocycles. The number of hydrogen-bond donors (Lipinski definition) is 1. The molecule has 0 atom stereocenters. The molecule has 1 aromatic heterocycles. The zero-order valence-electron chi connectivity index (χ0n) is 8.71. The van der Waals surface area contributed by atoms with E-state index in [4.69, 9.17) is 22.1 Å². The highest BCUT2D eigenvalue weighted by atomic mass is 35.5. The largest absolute Gasteiger partial charge is 0.466 e. The van der Waals surface area contributed by atoms with Crippen LogP contribution in [0.4, 0.5) is 10.1 Å². The number of nitrogen functional groups attached to an aromatic ring is 1. The molecule has 5 nitrogen and oxygen atoms in total. The molecule has 0 radical (unpaired) electrons. The maximum atomic E-state index is 13.2. The van der Waals surface area contributed by atoms with Gasteiger partial charge in [-0.05, 0) is 6.92 Å². The zero-order chi connectivity index (χ0) is 12.3. The number of ether oxygens (including phenoxy) is 2. The van der Waals surface area contributed by atoms with Crippen molar-refractivity contribution >= 4 is 23.3 Å². The fourth-order valence-electron chi connectivity index (χ4n) is 0.895. The fraction of sp³-hybridized carbons (Fsp3) is 0.333. The van der Waals surface area contributed by atoms with Crippen molar-refractivity contribution in [1.29, 1.82) is 0 Å². The Hall–Kier alpha value is -1.56. The van der Waals surface area contributed by atoms with E-state index in [0.29, 0.717) is 0 Å². The third-order valence-electron chi connectivity index (χ3n) is 1.89. The van der Waals surface area contributed by atoms with Gasteiger partial charge in [-0.25, -0.2) is 4.79 Å². The summed E-state index contributed by atoms with van der Waals surface area (Å²) in [4.78, 5) is 14.2. The lowest BCUT2D eigenvalue weighted by atomic mass is 10.2. The van der Waals surface area contributed by atoms with Gasteiger partial charge in [-0.3, -0.25) is 0 Å². The molecule has 16 heavy (non-hydrogen) atoms. The van der Waals surface area contributed by atoms with Crippen LogP contribution in [0.2, 0.25) is 5.02 Å². The maximum Gasteiger partial charge on any atom is 0.343 e. The van der Waals surface area contributed by atoms with Gasteiger partial charge in [-0.15, -0.1) is 0 Å². The number of rotatable bonds is 3. The van der Waals surface area contributed by atoms with Crippen LogP contribution in [0.25, 0.3) is 0 Å². The van der Waals surface area contributed by atoms with Crippen molar-refractivity contribution in [3.05, 3.63) is 16.5 Å². The molecular formula is C9H10ClFN2O3. The second kappa shape index (κ2) is 4.98. The molecular weight excluding hydrogens is 239 g/mol. The van der Waals surface area contributed by atoms with Crippen LogP contribution in [0, 0.1) is 12.9 Å². The van der Waals surface area contributed by atoms with Gasteiger partial charge in [0.1, 0.15) is 5.02 Å². The molecule has 1 heterocycles. The number of carbonyl (C=O) groups excluding carboxylic acids is 1. The number of nitrogens with two attached hydrogens (primary N) is 1. The molecule has 7 heteroatoms. The molecule has 88 valence electrons. The summed E-state index contributed by atoms with van der Waals surface area (Å²) >= 11 is 5.77. The molecule has 2 N–H and O–H groups in total. The van der Waals surface area contributed by atoms with Gasteiger partial charge >= 0.3 is 5.97 Å². The Kier molecular flexibility index (Phi) is 3.89. The van der Waals surface area contributed by atoms with Gasteiger partial charge in [0.25, 0.3) is 0 Å². The number of pyridine rings is 1. The summed E-state index contributed by atoms with van der Waals surface area (Å²) in [5, 5.41) is -0.0252. The number of esters is 1. The fourth-order valence-corrected chi connectivity index (χ4v) is 1.13. The number of anilines is 1. The van der Waals surface area contributed by atoms with Gasteiger partial charge in [-0.2, -0.15) is 9.37 Å². The SMILES string of the molecule is COC(=O)COc1nc(F)c(C)c(N)c1Cl. The zero-order valence-corrected chi connectivity index (χ0v) is 9.47. The topological polar surface area (TPSA) is 74.4 Å². The van der Waals surface area contributed by atoms with E-state index in [2.05, 4.69) is 9.72 Å². The summed E-state index contributed by atoms with van der Waals surface area (Å²) in [7, 11) is 1.20. The van der Waals surface area contributed by atoms with Crippen LogP contribution in [0.1, 0.15) is 5.56 Å². The van der Waals surface area contributed by atoms with Crippen LogP contribution in [0.5, 0.6) is 5.88 Å².